The molecule has 1 rings (SSSR count). The summed E-state index contributed by atoms with van der Waals surface area (Å²) < 4.78 is 5.44. The number of benzene rings is 1. The van der Waals surface area contributed by atoms with Gasteiger partial charge in [-0.05, 0) is 38.5 Å². The second-order valence-corrected chi connectivity index (χ2v) is 3.71. The first kappa shape index (κ1) is 12.5. The molecule has 4 nitrogen and oxygen atoms in total. The Morgan fingerprint density at radius 1 is 1.56 bits per heavy atom. The number of hydrogen-bond acceptors (Lipinski definition) is 3. The van der Waals surface area contributed by atoms with Crippen LogP contribution in [0.15, 0.2) is 18.2 Å². The summed E-state index contributed by atoms with van der Waals surface area (Å²) in [6.45, 7) is 6.08. The van der Waals surface area contributed by atoms with E-state index >= 15 is 0 Å². The Hall–Kier alpha value is -1.55. The van der Waals surface area contributed by atoms with Crippen LogP contribution in [-0.4, -0.2) is 18.6 Å². The minimum Gasteiger partial charge on any atom is -0.492 e. The quantitative estimate of drug-likeness (QED) is 0.814. The zero-order valence-corrected chi connectivity index (χ0v) is 9.91. The molecular weight excluding hydrogens is 204 g/mol. The minimum atomic E-state index is -0.532. The predicted octanol–water partition coefficient (Wildman–Crippen LogP) is 1.68. The Kier molecular flexibility index (Phi) is 4.31. The van der Waals surface area contributed by atoms with Crippen molar-refractivity contribution in [1.82, 2.24) is 0 Å². The Bertz CT molecular complexity index is 375. The van der Waals surface area contributed by atoms with Crippen molar-refractivity contribution < 1.29 is 9.53 Å². The Labute approximate surface area is 95.8 Å². The van der Waals surface area contributed by atoms with Crippen molar-refractivity contribution in [2.24, 2.45) is 5.73 Å². The number of nitrogens with one attached hydrogen (secondary N) is 1. The number of hydrogen-bond donors (Lipinski definition) is 2. The van der Waals surface area contributed by atoms with Crippen LogP contribution >= 0.6 is 0 Å². The third kappa shape index (κ3) is 3.24. The second kappa shape index (κ2) is 5.51. The summed E-state index contributed by atoms with van der Waals surface area (Å²) in [6, 6.07) is 5.09. The molecule has 0 aliphatic rings. The molecule has 3 N–H and O–H groups in total. The lowest BCUT2D eigenvalue weighted by molar-refractivity contribution is -0.117. The molecule has 0 aliphatic carbocycles. The van der Waals surface area contributed by atoms with Gasteiger partial charge in [-0.15, -0.1) is 0 Å². The van der Waals surface area contributed by atoms with Gasteiger partial charge in [0.05, 0.1) is 18.3 Å². The van der Waals surface area contributed by atoms with Crippen molar-refractivity contribution in [3.05, 3.63) is 23.8 Å². The number of rotatable bonds is 4. The molecule has 0 saturated carbocycles. The Morgan fingerprint density at radius 3 is 2.81 bits per heavy atom. The van der Waals surface area contributed by atoms with E-state index in [1.165, 1.54) is 0 Å². The van der Waals surface area contributed by atoms with E-state index < -0.39 is 6.04 Å². The fraction of sp³-hybridized carbons (Fsp3) is 0.417. The SMILES string of the molecule is CCOc1cc(C)ccc1NC(=O)[C@H](C)N. The Morgan fingerprint density at radius 2 is 2.25 bits per heavy atom. The number of ether oxygens (including phenoxy) is 1. The topological polar surface area (TPSA) is 64.3 Å². The van der Waals surface area contributed by atoms with Gasteiger partial charge in [-0.3, -0.25) is 4.79 Å². The normalized spacial score (nSPS) is 12.0. The highest BCUT2D eigenvalue weighted by molar-refractivity contribution is 5.95. The van der Waals surface area contributed by atoms with Gasteiger partial charge in [0.15, 0.2) is 0 Å². The highest BCUT2D eigenvalue weighted by Crippen LogP contribution is 2.25. The summed E-state index contributed by atoms with van der Waals surface area (Å²) in [5.41, 5.74) is 7.23. The lowest BCUT2D eigenvalue weighted by Crippen LogP contribution is -2.32. The van der Waals surface area contributed by atoms with Crippen LogP contribution in [0.3, 0.4) is 0 Å². The third-order valence-electron chi connectivity index (χ3n) is 2.11. The summed E-state index contributed by atoms with van der Waals surface area (Å²) in [5, 5.41) is 2.73. The standard InChI is InChI=1S/C12H18N2O2/c1-4-16-11-7-8(2)5-6-10(11)14-12(15)9(3)13/h5-7,9H,4,13H2,1-3H3,(H,14,15)/t9-/m0/s1. The number of amides is 1. The third-order valence-corrected chi connectivity index (χ3v) is 2.11. The van der Waals surface area contributed by atoms with Gasteiger partial charge >= 0.3 is 0 Å². The number of aryl methyl sites for hydroxylation is 1. The average molecular weight is 222 g/mol. The molecule has 4 heteroatoms. The number of anilines is 1. The minimum absolute atomic E-state index is 0.218. The number of nitrogens with two attached hydrogens (primary N) is 1. The van der Waals surface area contributed by atoms with Crippen molar-refractivity contribution in [1.29, 1.82) is 0 Å². The van der Waals surface area contributed by atoms with Crippen molar-refractivity contribution in [2.75, 3.05) is 11.9 Å². The summed E-state index contributed by atoms with van der Waals surface area (Å²) in [6.07, 6.45) is 0. The van der Waals surface area contributed by atoms with Crippen LogP contribution in [0.1, 0.15) is 19.4 Å². The zero-order chi connectivity index (χ0) is 12.1. The van der Waals surface area contributed by atoms with Crippen LogP contribution in [0.2, 0.25) is 0 Å². The first-order valence-electron chi connectivity index (χ1n) is 5.34. The molecular formula is C12H18N2O2. The monoisotopic (exact) mass is 222 g/mol. The fourth-order valence-electron chi connectivity index (χ4n) is 1.25. The van der Waals surface area contributed by atoms with E-state index in [2.05, 4.69) is 5.32 Å². The van der Waals surface area contributed by atoms with Crippen molar-refractivity contribution in [2.45, 2.75) is 26.8 Å². The van der Waals surface area contributed by atoms with Gasteiger partial charge in [0.25, 0.3) is 0 Å². The molecule has 1 aromatic carbocycles. The molecule has 16 heavy (non-hydrogen) atoms. The van der Waals surface area contributed by atoms with E-state index in [4.69, 9.17) is 10.5 Å². The van der Waals surface area contributed by atoms with Gasteiger partial charge in [-0.2, -0.15) is 0 Å². The van der Waals surface area contributed by atoms with Crippen molar-refractivity contribution >= 4 is 11.6 Å². The van der Waals surface area contributed by atoms with Crippen LogP contribution in [0, 0.1) is 6.92 Å². The average Bonchev–Trinajstić information content (AvgIpc) is 2.22. The summed E-state index contributed by atoms with van der Waals surface area (Å²) >= 11 is 0. The maximum absolute atomic E-state index is 11.5. The zero-order valence-electron chi connectivity index (χ0n) is 9.91. The summed E-state index contributed by atoms with van der Waals surface area (Å²) in [5.74, 6) is 0.460. The fourth-order valence-corrected chi connectivity index (χ4v) is 1.25. The molecule has 0 radical (unpaired) electrons. The Balaban J connectivity index is 2.90. The lowest BCUT2D eigenvalue weighted by atomic mass is 10.2. The van der Waals surface area contributed by atoms with Crippen LogP contribution in [0.25, 0.3) is 0 Å². The number of carbonyl (C=O) groups excluding carboxylic acids is 1. The molecule has 0 aliphatic heterocycles. The van der Waals surface area contributed by atoms with Crippen LogP contribution in [0.5, 0.6) is 5.75 Å². The molecule has 0 unspecified atom stereocenters. The van der Waals surface area contributed by atoms with Gasteiger partial charge in [0.1, 0.15) is 5.75 Å². The molecule has 0 saturated heterocycles. The van der Waals surface area contributed by atoms with Crippen molar-refractivity contribution in [3.8, 4) is 5.75 Å². The highest BCUT2D eigenvalue weighted by Gasteiger charge is 2.11. The predicted molar refractivity (Wildman–Crippen MR) is 64.6 cm³/mol. The van der Waals surface area contributed by atoms with Gasteiger partial charge in [-0.25, -0.2) is 0 Å². The van der Waals surface area contributed by atoms with E-state index in [1.807, 2.05) is 32.0 Å². The van der Waals surface area contributed by atoms with E-state index in [1.54, 1.807) is 6.92 Å². The molecule has 88 valence electrons. The van der Waals surface area contributed by atoms with E-state index in [0.29, 0.717) is 18.0 Å². The highest BCUT2D eigenvalue weighted by atomic mass is 16.5. The molecule has 1 atom stereocenters. The molecule has 0 spiro atoms. The molecule has 0 bridgehead atoms. The molecule has 1 amide bonds. The smallest absolute Gasteiger partial charge is 0.241 e. The van der Waals surface area contributed by atoms with Crippen LogP contribution in [-0.2, 0) is 4.79 Å². The largest absolute Gasteiger partial charge is 0.492 e. The molecule has 0 heterocycles. The van der Waals surface area contributed by atoms with Gasteiger partial charge < -0.3 is 15.8 Å². The van der Waals surface area contributed by atoms with Gasteiger partial charge in [0.2, 0.25) is 5.91 Å². The summed E-state index contributed by atoms with van der Waals surface area (Å²) in [4.78, 5) is 11.5. The van der Waals surface area contributed by atoms with E-state index in [9.17, 15) is 4.79 Å². The van der Waals surface area contributed by atoms with Crippen LogP contribution in [0.4, 0.5) is 5.69 Å². The van der Waals surface area contributed by atoms with E-state index in [-0.39, 0.29) is 5.91 Å². The van der Waals surface area contributed by atoms with E-state index in [0.717, 1.165) is 5.56 Å². The van der Waals surface area contributed by atoms with Gasteiger partial charge in [-0.1, -0.05) is 6.07 Å². The maximum atomic E-state index is 11.5. The van der Waals surface area contributed by atoms with Crippen LogP contribution < -0.4 is 15.8 Å². The molecule has 0 fully saturated rings. The maximum Gasteiger partial charge on any atom is 0.241 e. The molecule has 0 aromatic heterocycles. The second-order valence-electron chi connectivity index (χ2n) is 3.71. The summed E-state index contributed by atoms with van der Waals surface area (Å²) in [7, 11) is 0. The first-order chi connectivity index (χ1) is 7.54. The van der Waals surface area contributed by atoms with Gasteiger partial charge in [0, 0.05) is 0 Å². The van der Waals surface area contributed by atoms with Crippen molar-refractivity contribution in [3.63, 3.8) is 0 Å². The first-order valence-corrected chi connectivity index (χ1v) is 5.34. The number of carbonyl (C=O) groups is 1. The molecule has 1 aromatic rings. The lowest BCUT2D eigenvalue weighted by Gasteiger charge is -2.13.